The number of hydrogen-bond acceptors (Lipinski definition) is 5. The van der Waals surface area contributed by atoms with Gasteiger partial charge in [0.1, 0.15) is 12.1 Å². The highest BCUT2D eigenvalue weighted by atomic mass is 16.5. The lowest BCUT2D eigenvalue weighted by Crippen LogP contribution is -2.51. The number of carbonyl (C=O) groups is 3. The van der Waals surface area contributed by atoms with Crippen LogP contribution in [-0.2, 0) is 19.1 Å². The van der Waals surface area contributed by atoms with Crippen LogP contribution in [0.25, 0.3) is 0 Å². The van der Waals surface area contributed by atoms with Crippen LogP contribution in [0, 0.1) is 0 Å². The molecular formula is C21H40N2O5. The smallest absolute Gasteiger partial charge is 0.407 e. The number of esters is 1. The van der Waals surface area contributed by atoms with E-state index >= 15 is 0 Å². The summed E-state index contributed by atoms with van der Waals surface area (Å²) in [6.07, 6.45) is 9.79. The highest BCUT2D eigenvalue weighted by molar-refractivity contribution is 5.89. The molecule has 0 aliphatic rings. The van der Waals surface area contributed by atoms with Crippen molar-refractivity contribution >= 4 is 18.0 Å². The molecule has 2 unspecified atom stereocenters. The van der Waals surface area contributed by atoms with Crippen LogP contribution in [0.1, 0.15) is 91.4 Å². The van der Waals surface area contributed by atoms with Crippen LogP contribution in [0.5, 0.6) is 0 Å². The molecule has 0 aromatic heterocycles. The number of carbonyl (C=O) groups excluding carboxylic acids is 3. The maximum atomic E-state index is 12.5. The molecule has 0 saturated heterocycles. The lowest BCUT2D eigenvalue weighted by Gasteiger charge is -2.21. The average Bonchev–Trinajstić information content (AvgIpc) is 2.68. The predicted molar refractivity (Wildman–Crippen MR) is 110 cm³/mol. The normalized spacial score (nSPS) is 12.7. The minimum Gasteiger partial charge on any atom is -0.464 e. The first-order chi connectivity index (χ1) is 13.5. The van der Waals surface area contributed by atoms with Gasteiger partial charge in [-0.1, -0.05) is 72.1 Å². The van der Waals surface area contributed by atoms with Gasteiger partial charge in [-0.3, -0.25) is 4.79 Å². The summed E-state index contributed by atoms with van der Waals surface area (Å²) in [6.45, 7) is 6.43. The molecule has 0 aliphatic heterocycles. The largest absolute Gasteiger partial charge is 0.464 e. The van der Waals surface area contributed by atoms with Crippen molar-refractivity contribution in [3.8, 4) is 0 Å². The third-order valence-corrected chi connectivity index (χ3v) is 4.54. The molecule has 0 fully saturated rings. The zero-order valence-electron chi connectivity index (χ0n) is 18.2. The molecule has 0 saturated carbocycles. The molecule has 0 bridgehead atoms. The lowest BCUT2D eigenvalue weighted by atomic mass is 10.1. The van der Waals surface area contributed by atoms with E-state index in [9.17, 15) is 14.4 Å². The predicted octanol–water partition coefficient (Wildman–Crippen LogP) is 4.09. The minimum atomic E-state index is -0.729. The average molecular weight is 401 g/mol. The Morgan fingerprint density at radius 2 is 1.32 bits per heavy atom. The fourth-order valence-electron chi connectivity index (χ4n) is 2.90. The van der Waals surface area contributed by atoms with E-state index in [1.165, 1.54) is 32.8 Å². The van der Waals surface area contributed by atoms with Gasteiger partial charge in [-0.05, 0) is 19.3 Å². The second-order valence-corrected chi connectivity index (χ2v) is 7.12. The van der Waals surface area contributed by atoms with E-state index in [-0.39, 0.29) is 0 Å². The molecule has 7 heteroatoms. The van der Waals surface area contributed by atoms with Gasteiger partial charge in [0.2, 0.25) is 5.91 Å². The highest BCUT2D eigenvalue weighted by Gasteiger charge is 2.26. The Balaban J connectivity index is 4.39. The summed E-state index contributed by atoms with van der Waals surface area (Å²) in [4.78, 5) is 36.3. The molecule has 2 N–H and O–H groups in total. The van der Waals surface area contributed by atoms with Crippen molar-refractivity contribution in [2.24, 2.45) is 0 Å². The molecule has 0 rings (SSSR count). The molecule has 0 spiro atoms. The molecule has 0 aromatic carbocycles. The van der Waals surface area contributed by atoms with Crippen molar-refractivity contribution in [2.75, 3.05) is 13.7 Å². The van der Waals surface area contributed by atoms with E-state index in [0.717, 1.165) is 25.7 Å². The van der Waals surface area contributed by atoms with Crippen LogP contribution in [-0.4, -0.2) is 43.8 Å². The van der Waals surface area contributed by atoms with Gasteiger partial charge in [-0.15, -0.1) is 0 Å². The third-order valence-electron chi connectivity index (χ3n) is 4.54. The summed E-state index contributed by atoms with van der Waals surface area (Å²) in [5.41, 5.74) is 0. The standard InChI is InChI=1S/C21H40N2O5/c1-5-8-9-10-11-12-13-16-28-20(25)18(15-7-3)22-19(24)17(14-6-2)23-21(26)27-4/h17-18H,5-16H2,1-4H3,(H,22,24)(H,23,26). The van der Waals surface area contributed by atoms with E-state index in [2.05, 4.69) is 22.3 Å². The summed E-state index contributed by atoms with van der Waals surface area (Å²) in [6, 6.07) is -1.42. The number of unbranched alkanes of at least 4 members (excludes halogenated alkanes) is 6. The number of ether oxygens (including phenoxy) is 2. The number of hydrogen-bond donors (Lipinski definition) is 2. The zero-order valence-corrected chi connectivity index (χ0v) is 18.2. The van der Waals surface area contributed by atoms with Gasteiger partial charge < -0.3 is 20.1 Å². The second-order valence-electron chi connectivity index (χ2n) is 7.12. The van der Waals surface area contributed by atoms with E-state index < -0.39 is 30.1 Å². The third kappa shape index (κ3) is 12.6. The molecule has 0 aromatic rings. The van der Waals surface area contributed by atoms with Crippen LogP contribution in [0.2, 0.25) is 0 Å². The van der Waals surface area contributed by atoms with Crippen LogP contribution in [0.4, 0.5) is 4.79 Å². The van der Waals surface area contributed by atoms with E-state index in [0.29, 0.717) is 25.9 Å². The maximum absolute atomic E-state index is 12.5. The maximum Gasteiger partial charge on any atom is 0.407 e. The quantitative estimate of drug-likeness (QED) is 0.301. The van der Waals surface area contributed by atoms with Crippen molar-refractivity contribution in [2.45, 2.75) is 103 Å². The Bertz CT molecular complexity index is 443. The summed E-state index contributed by atoms with van der Waals surface area (Å²) in [5.74, 6) is -0.798. The molecule has 7 nitrogen and oxygen atoms in total. The van der Waals surface area contributed by atoms with Crippen LogP contribution in [0.15, 0.2) is 0 Å². The van der Waals surface area contributed by atoms with Crippen molar-refractivity contribution < 1.29 is 23.9 Å². The number of rotatable bonds is 16. The fraction of sp³-hybridized carbons (Fsp3) is 0.857. The number of amides is 2. The second kappa shape index (κ2) is 17.3. The van der Waals surface area contributed by atoms with Crippen molar-refractivity contribution in [1.29, 1.82) is 0 Å². The Labute approximate surface area is 170 Å². The Morgan fingerprint density at radius 1 is 0.750 bits per heavy atom. The van der Waals surface area contributed by atoms with Crippen LogP contribution in [0.3, 0.4) is 0 Å². The highest BCUT2D eigenvalue weighted by Crippen LogP contribution is 2.08. The molecular weight excluding hydrogens is 360 g/mol. The first kappa shape index (κ1) is 26.2. The van der Waals surface area contributed by atoms with Crippen LogP contribution >= 0.6 is 0 Å². The molecule has 2 atom stereocenters. The van der Waals surface area contributed by atoms with Gasteiger partial charge >= 0.3 is 12.1 Å². The Kier molecular flexibility index (Phi) is 16.2. The zero-order chi connectivity index (χ0) is 21.2. The fourth-order valence-corrected chi connectivity index (χ4v) is 2.90. The SMILES string of the molecule is CCCCCCCCCOC(=O)C(CCC)NC(=O)C(CCC)NC(=O)OC. The summed E-state index contributed by atoms with van der Waals surface area (Å²) < 4.78 is 9.92. The molecule has 164 valence electrons. The molecule has 0 aliphatic carbocycles. The van der Waals surface area contributed by atoms with Gasteiger partial charge in [-0.2, -0.15) is 0 Å². The summed E-state index contributed by atoms with van der Waals surface area (Å²) in [5, 5.41) is 5.23. The Hall–Kier alpha value is -1.79. The molecule has 0 radical (unpaired) electrons. The molecule has 28 heavy (non-hydrogen) atoms. The van der Waals surface area contributed by atoms with Gasteiger partial charge in [0.25, 0.3) is 0 Å². The monoisotopic (exact) mass is 400 g/mol. The van der Waals surface area contributed by atoms with E-state index in [1.54, 1.807) is 0 Å². The van der Waals surface area contributed by atoms with Crippen molar-refractivity contribution in [3.05, 3.63) is 0 Å². The van der Waals surface area contributed by atoms with E-state index in [4.69, 9.17) is 4.74 Å². The molecule has 0 heterocycles. The minimum absolute atomic E-state index is 0.376. The summed E-state index contributed by atoms with van der Waals surface area (Å²) in [7, 11) is 1.25. The van der Waals surface area contributed by atoms with Gasteiger partial charge in [0, 0.05) is 0 Å². The number of nitrogens with one attached hydrogen (secondary N) is 2. The van der Waals surface area contributed by atoms with Crippen molar-refractivity contribution in [3.63, 3.8) is 0 Å². The van der Waals surface area contributed by atoms with Gasteiger partial charge in [0.15, 0.2) is 0 Å². The molecule has 2 amide bonds. The summed E-state index contributed by atoms with van der Waals surface area (Å²) >= 11 is 0. The number of alkyl carbamates (subject to hydrolysis) is 1. The lowest BCUT2D eigenvalue weighted by molar-refractivity contribution is -0.148. The first-order valence-electron chi connectivity index (χ1n) is 10.8. The topological polar surface area (TPSA) is 93.7 Å². The first-order valence-corrected chi connectivity index (χ1v) is 10.8. The van der Waals surface area contributed by atoms with E-state index in [1.807, 2.05) is 13.8 Å². The van der Waals surface area contributed by atoms with Crippen molar-refractivity contribution in [1.82, 2.24) is 10.6 Å². The van der Waals surface area contributed by atoms with Gasteiger partial charge in [0.05, 0.1) is 13.7 Å². The van der Waals surface area contributed by atoms with Gasteiger partial charge in [-0.25, -0.2) is 9.59 Å². The van der Waals surface area contributed by atoms with Crippen LogP contribution < -0.4 is 10.6 Å². The number of methoxy groups -OCH3 is 1. The Morgan fingerprint density at radius 3 is 1.89 bits per heavy atom.